The van der Waals surface area contributed by atoms with Gasteiger partial charge in [0, 0.05) is 5.69 Å². The number of benzene rings is 2. The summed E-state index contributed by atoms with van der Waals surface area (Å²) in [6, 6.07) is 11.0. The number of carbonyl (C=O) groups is 2. The second kappa shape index (κ2) is 8.45. The Labute approximate surface area is 174 Å². The quantitative estimate of drug-likeness (QED) is 0.662. The van der Waals surface area contributed by atoms with Gasteiger partial charge < -0.3 is 10.6 Å². The predicted octanol–water partition coefficient (Wildman–Crippen LogP) is 4.06. The second-order valence-corrected chi connectivity index (χ2v) is 7.34. The minimum absolute atomic E-state index is 0.0834. The molecule has 0 unspecified atom stereocenters. The molecule has 3 rings (SSSR count). The molecule has 0 spiro atoms. The summed E-state index contributed by atoms with van der Waals surface area (Å²) in [7, 11) is 0. The highest BCUT2D eigenvalue weighted by atomic mass is 35.5. The summed E-state index contributed by atoms with van der Waals surface area (Å²) in [6.45, 7) is 7.51. The average Bonchev–Trinajstić information content (AvgIpc) is 3.00. The molecule has 150 valence electrons. The van der Waals surface area contributed by atoms with Gasteiger partial charge >= 0.3 is 0 Å². The van der Waals surface area contributed by atoms with E-state index in [2.05, 4.69) is 20.9 Å². The normalized spacial score (nSPS) is 10.7. The lowest BCUT2D eigenvalue weighted by Crippen LogP contribution is -2.21. The molecule has 3 aromatic rings. The van der Waals surface area contributed by atoms with Crippen LogP contribution in [0.2, 0.25) is 5.02 Å². The van der Waals surface area contributed by atoms with Crippen LogP contribution in [0, 0.1) is 27.7 Å². The molecule has 1 aromatic heterocycles. The molecule has 7 nitrogen and oxygen atoms in total. The van der Waals surface area contributed by atoms with E-state index < -0.39 is 0 Å². The number of hydrogen-bond acceptors (Lipinski definition) is 4. The van der Waals surface area contributed by atoms with Crippen molar-refractivity contribution in [3.63, 3.8) is 0 Å². The van der Waals surface area contributed by atoms with Gasteiger partial charge in [-0.05, 0) is 51.0 Å². The third-order valence-electron chi connectivity index (χ3n) is 4.55. The number of hydrogen-bond donors (Lipinski definition) is 2. The zero-order chi connectivity index (χ0) is 21.1. The minimum atomic E-state index is -0.365. The van der Waals surface area contributed by atoms with Crippen molar-refractivity contribution in [3.05, 3.63) is 69.5 Å². The molecule has 2 aromatic carbocycles. The molecule has 2 N–H and O–H groups in total. The van der Waals surface area contributed by atoms with E-state index in [1.807, 2.05) is 32.9 Å². The highest BCUT2D eigenvalue weighted by Gasteiger charge is 2.19. The van der Waals surface area contributed by atoms with Crippen LogP contribution in [0.15, 0.2) is 36.4 Å². The van der Waals surface area contributed by atoms with Gasteiger partial charge in [0.1, 0.15) is 6.54 Å². The summed E-state index contributed by atoms with van der Waals surface area (Å²) in [6.07, 6.45) is 0. The van der Waals surface area contributed by atoms with Crippen molar-refractivity contribution >= 4 is 34.8 Å². The number of rotatable bonds is 5. The van der Waals surface area contributed by atoms with Crippen molar-refractivity contribution < 1.29 is 9.59 Å². The van der Waals surface area contributed by atoms with Gasteiger partial charge in [0.05, 0.1) is 16.4 Å². The number of para-hydroxylation sites is 1. The fourth-order valence-electron chi connectivity index (χ4n) is 3.16. The smallest absolute Gasteiger partial charge is 0.278 e. The Morgan fingerprint density at radius 1 is 1.03 bits per heavy atom. The molecule has 0 aliphatic carbocycles. The number of halogens is 1. The van der Waals surface area contributed by atoms with E-state index in [0.29, 0.717) is 16.4 Å². The number of aromatic nitrogens is 3. The SMILES string of the molecule is Cc1cc(C)c(NC(=O)c2nnn(CC(=O)Nc3ccccc3Cl)c2C)c(C)c1. The summed E-state index contributed by atoms with van der Waals surface area (Å²) in [5.74, 6) is -0.682. The summed E-state index contributed by atoms with van der Waals surface area (Å²) in [5.41, 5.74) is 5.02. The third-order valence-corrected chi connectivity index (χ3v) is 4.88. The van der Waals surface area contributed by atoms with E-state index in [-0.39, 0.29) is 24.1 Å². The molecule has 0 saturated heterocycles. The van der Waals surface area contributed by atoms with Gasteiger partial charge in [-0.15, -0.1) is 5.10 Å². The van der Waals surface area contributed by atoms with Crippen LogP contribution >= 0.6 is 11.6 Å². The van der Waals surface area contributed by atoms with Crippen molar-refractivity contribution in [3.8, 4) is 0 Å². The zero-order valence-electron chi connectivity index (χ0n) is 16.7. The standard InChI is InChI=1S/C21H22ClN5O2/c1-12-9-13(2)19(14(3)10-12)24-21(29)20-15(4)27(26-25-20)11-18(28)23-17-8-6-5-7-16(17)22/h5-10H,11H2,1-4H3,(H,23,28)(H,24,29). The van der Waals surface area contributed by atoms with Crippen molar-refractivity contribution in [1.82, 2.24) is 15.0 Å². The second-order valence-electron chi connectivity index (χ2n) is 6.94. The van der Waals surface area contributed by atoms with Crippen LogP contribution in [0.4, 0.5) is 11.4 Å². The Morgan fingerprint density at radius 3 is 2.34 bits per heavy atom. The van der Waals surface area contributed by atoms with Crippen molar-refractivity contribution in [1.29, 1.82) is 0 Å². The maximum atomic E-state index is 12.7. The minimum Gasteiger partial charge on any atom is -0.323 e. The first-order chi connectivity index (χ1) is 13.8. The number of anilines is 2. The fraction of sp³-hybridized carbons (Fsp3) is 0.238. The van der Waals surface area contributed by atoms with Gasteiger partial charge in [0.25, 0.3) is 5.91 Å². The summed E-state index contributed by atoms with van der Waals surface area (Å²) in [5, 5.41) is 14.0. The van der Waals surface area contributed by atoms with Gasteiger partial charge in [-0.3, -0.25) is 9.59 Å². The number of nitrogens with one attached hydrogen (secondary N) is 2. The molecule has 0 aliphatic rings. The number of aryl methyl sites for hydroxylation is 3. The average molecular weight is 412 g/mol. The first-order valence-electron chi connectivity index (χ1n) is 9.10. The lowest BCUT2D eigenvalue weighted by Gasteiger charge is -2.12. The Balaban J connectivity index is 1.73. The Morgan fingerprint density at radius 2 is 1.69 bits per heavy atom. The molecule has 0 saturated carbocycles. The Hall–Kier alpha value is -3.19. The molecular weight excluding hydrogens is 390 g/mol. The molecule has 0 atom stereocenters. The lowest BCUT2D eigenvalue weighted by atomic mass is 10.0. The summed E-state index contributed by atoms with van der Waals surface area (Å²) >= 11 is 6.06. The monoisotopic (exact) mass is 411 g/mol. The first-order valence-corrected chi connectivity index (χ1v) is 9.47. The van der Waals surface area contributed by atoms with Gasteiger partial charge in [-0.2, -0.15) is 0 Å². The van der Waals surface area contributed by atoms with Crippen LogP contribution in [0.25, 0.3) is 0 Å². The van der Waals surface area contributed by atoms with Crippen LogP contribution in [0.3, 0.4) is 0 Å². The van der Waals surface area contributed by atoms with E-state index in [4.69, 9.17) is 11.6 Å². The number of amides is 2. The van der Waals surface area contributed by atoms with Crippen LogP contribution in [-0.4, -0.2) is 26.8 Å². The largest absolute Gasteiger partial charge is 0.323 e. The molecule has 0 fully saturated rings. The van der Waals surface area contributed by atoms with Gasteiger partial charge in [0.2, 0.25) is 5.91 Å². The van der Waals surface area contributed by atoms with Gasteiger partial charge in [-0.25, -0.2) is 4.68 Å². The molecule has 1 heterocycles. The number of nitrogens with zero attached hydrogens (tertiary/aromatic N) is 3. The third kappa shape index (κ3) is 4.63. The molecule has 2 amide bonds. The highest BCUT2D eigenvalue weighted by Crippen LogP contribution is 2.23. The van der Waals surface area contributed by atoms with Crippen molar-refractivity contribution in [2.45, 2.75) is 34.2 Å². The maximum absolute atomic E-state index is 12.7. The molecule has 0 bridgehead atoms. The lowest BCUT2D eigenvalue weighted by molar-refractivity contribution is -0.117. The molecule has 8 heteroatoms. The summed E-state index contributed by atoms with van der Waals surface area (Å²) < 4.78 is 1.38. The fourth-order valence-corrected chi connectivity index (χ4v) is 3.34. The Kier molecular flexibility index (Phi) is 5.98. The zero-order valence-corrected chi connectivity index (χ0v) is 17.5. The number of carbonyl (C=O) groups excluding carboxylic acids is 2. The highest BCUT2D eigenvalue weighted by molar-refractivity contribution is 6.33. The molecule has 29 heavy (non-hydrogen) atoms. The molecule has 0 aliphatic heterocycles. The van der Waals surface area contributed by atoms with Crippen LogP contribution in [0.1, 0.15) is 32.9 Å². The van der Waals surface area contributed by atoms with Crippen LogP contribution < -0.4 is 10.6 Å². The van der Waals surface area contributed by atoms with Gasteiger partial charge in [0.15, 0.2) is 5.69 Å². The predicted molar refractivity (Wildman–Crippen MR) is 113 cm³/mol. The van der Waals surface area contributed by atoms with Crippen molar-refractivity contribution in [2.24, 2.45) is 0 Å². The van der Waals surface area contributed by atoms with E-state index >= 15 is 0 Å². The molecule has 0 radical (unpaired) electrons. The topological polar surface area (TPSA) is 88.9 Å². The van der Waals surface area contributed by atoms with Crippen LogP contribution in [-0.2, 0) is 11.3 Å². The van der Waals surface area contributed by atoms with E-state index in [1.54, 1.807) is 31.2 Å². The van der Waals surface area contributed by atoms with E-state index in [1.165, 1.54) is 4.68 Å². The molecular formula is C21H22ClN5O2. The first kappa shape index (κ1) is 20.5. The Bertz CT molecular complexity index is 1070. The van der Waals surface area contributed by atoms with Gasteiger partial charge in [-0.1, -0.05) is 46.6 Å². The maximum Gasteiger partial charge on any atom is 0.278 e. The van der Waals surface area contributed by atoms with Crippen molar-refractivity contribution in [2.75, 3.05) is 10.6 Å². The van der Waals surface area contributed by atoms with E-state index in [9.17, 15) is 9.59 Å². The van der Waals surface area contributed by atoms with E-state index in [0.717, 1.165) is 22.4 Å². The summed E-state index contributed by atoms with van der Waals surface area (Å²) in [4.78, 5) is 25.0. The van der Waals surface area contributed by atoms with Crippen LogP contribution in [0.5, 0.6) is 0 Å².